The Kier molecular flexibility index (Phi) is 5.41. The predicted octanol–water partition coefficient (Wildman–Crippen LogP) is -1.29. The number of hydrogen-bond donors (Lipinski definition) is 0. The van der Waals surface area contributed by atoms with Gasteiger partial charge in [-0.3, -0.25) is 0 Å². The Bertz CT molecular complexity index is 116. The third kappa shape index (κ3) is 3.04. The quantitative estimate of drug-likeness (QED) is 0.394. The van der Waals surface area contributed by atoms with Gasteiger partial charge in [-0.1, -0.05) is 19.8 Å². The van der Waals surface area contributed by atoms with E-state index in [-0.39, 0.29) is 41.4 Å². The fourth-order valence-electron chi connectivity index (χ4n) is 1.03. The molecule has 3 heteroatoms. The summed E-state index contributed by atoms with van der Waals surface area (Å²) >= 11 is 0. The molecule has 0 aromatic heterocycles. The monoisotopic (exact) mass is 149 g/mol. The minimum absolute atomic E-state index is 0. The Balaban J connectivity index is 0.000000810. The molecule has 1 saturated heterocycles. The van der Waals surface area contributed by atoms with Gasteiger partial charge in [0.1, 0.15) is 0 Å². The van der Waals surface area contributed by atoms with E-state index in [1.807, 2.05) is 6.92 Å². The van der Waals surface area contributed by atoms with E-state index in [9.17, 15) is 4.79 Å². The van der Waals surface area contributed by atoms with Crippen molar-refractivity contribution < 1.29 is 34.4 Å². The van der Waals surface area contributed by atoms with E-state index in [4.69, 9.17) is 0 Å². The van der Waals surface area contributed by atoms with Crippen LogP contribution in [0.3, 0.4) is 0 Å². The van der Waals surface area contributed by atoms with Crippen molar-refractivity contribution in [3.63, 3.8) is 0 Å². The molecule has 0 saturated carbocycles. The van der Waals surface area contributed by atoms with Crippen LogP contribution in [0, 0.1) is 5.92 Å². The van der Waals surface area contributed by atoms with Gasteiger partial charge in [0.2, 0.25) is 0 Å². The minimum atomic E-state index is 0. The van der Waals surface area contributed by atoms with Crippen LogP contribution in [0.15, 0.2) is 0 Å². The Labute approximate surface area is 84.0 Å². The summed E-state index contributed by atoms with van der Waals surface area (Å²) in [5, 5.41) is 3.87. The summed E-state index contributed by atoms with van der Waals surface area (Å²) in [5.41, 5.74) is 0. The molecule has 1 fully saturated rings. The van der Waals surface area contributed by atoms with E-state index in [1.54, 1.807) is 0 Å². The van der Waals surface area contributed by atoms with Gasteiger partial charge in [-0.2, -0.15) is 0 Å². The molecular weight excluding hydrogens is 137 g/mol. The van der Waals surface area contributed by atoms with Gasteiger partial charge >= 0.3 is 29.6 Å². The molecule has 1 rings (SSSR count). The second kappa shape index (κ2) is 5.16. The van der Waals surface area contributed by atoms with E-state index < -0.39 is 0 Å². The average Bonchev–Trinajstić information content (AvgIpc) is 1.99. The zero-order valence-corrected chi connectivity index (χ0v) is 8.76. The molecule has 0 bridgehead atoms. The number of carbonyl (C=O) groups is 1. The van der Waals surface area contributed by atoms with Crippen LogP contribution in [-0.4, -0.2) is 12.5 Å². The van der Waals surface area contributed by atoms with Crippen LogP contribution in [0.5, 0.6) is 0 Å². The SMILES string of the molecule is CC1CCCC[N-]C1=O.[Na+]. The van der Waals surface area contributed by atoms with E-state index >= 15 is 0 Å². The van der Waals surface area contributed by atoms with E-state index in [0.717, 1.165) is 25.8 Å². The summed E-state index contributed by atoms with van der Waals surface area (Å²) < 4.78 is 0. The summed E-state index contributed by atoms with van der Waals surface area (Å²) in [7, 11) is 0. The Hall–Kier alpha value is 0.470. The van der Waals surface area contributed by atoms with Gasteiger partial charge in [0.05, 0.1) is 5.91 Å². The molecule has 1 aliphatic rings. The second-order valence-electron chi connectivity index (χ2n) is 2.62. The zero-order chi connectivity index (χ0) is 6.69. The normalized spacial score (nSPS) is 26.1. The molecule has 0 spiro atoms. The first-order valence-electron chi connectivity index (χ1n) is 3.52. The molecule has 0 aromatic rings. The van der Waals surface area contributed by atoms with Crippen LogP contribution in [0.2, 0.25) is 0 Å². The molecule has 1 unspecified atom stereocenters. The van der Waals surface area contributed by atoms with E-state index in [0.29, 0.717) is 0 Å². The van der Waals surface area contributed by atoms with Crippen LogP contribution in [0.1, 0.15) is 26.2 Å². The zero-order valence-electron chi connectivity index (χ0n) is 6.76. The van der Waals surface area contributed by atoms with Crippen LogP contribution in [0.25, 0.3) is 5.32 Å². The standard InChI is InChI=1S/C7H13NO.Na/c1-6-4-2-3-5-8-7(6)9;/h6H,2-5H2,1H3,(H,8,9);/q;+1/p-1. The van der Waals surface area contributed by atoms with E-state index in [1.165, 1.54) is 0 Å². The molecule has 2 nitrogen and oxygen atoms in total. The van der Waals surface area contributed by atoms with Crippen molar-refractivity contribution in [2.75, 3.05) is 6.54 Å². The topological polar surface area (TPSA) is 31.2 Å². The maximum Gasteiger partial charge on any atom is 1.00 e. The molecule has 0 aromatic carbocycles. The van der Waals surface area contributed by atoms with Gasteiger partial charge in [-0.15, -0.1) is 6.54 Å². The van der Waals surface area contributed by atoms with E-state index in [2.05, 4.69) is 5.32 Å². The van der Waals surface area contributed by atoms with Crippen molar-refractivity contribution in [2.24, 2.45) is 5.92 Å². The number of amides is 1. The first-order valence-corrected chi connectivity index (χ1v) is 3.52. The molecule has 1 amide bonds. The summed E-state index contributed by atoms with van der Waals surface area (Å²) in [6.45, 7) is 2.71. The van der Waals surface area contributed by atoms with Gasteiger partial charge < -0.3 is 10.1 Å². The number of rotatable bonds is 0. The minimum Gasteiger partial charge on any atom is -0.653 e. The number of hydrogen-bond acceptors (Lipinski definition) is 1. The molecule has 10 heavy (non-hydrogen) atoms. The summed E-state index contributed by atoms with van der Waals surface area (Å²) in [6, 6.07) is 0. The molecule has 0 aliphatic carbocycles. The van der Waals surface area contributed by atoms with Gasteiger partial charge in [0, 0.05) is 0 Å². The Morgan fingerprint density at radius 1 is 1.50 bits per heavy atom. The average molecular weight is 149 g/mol. The first kappa shape index (κ1) is 10.5. The van der Waals surface area contributed by atoms with Gasteiger partial charge in [0.15, 0.2) is 0 Å². The summed E-state index contributed by atoms with van der Waals surface area (Å²) in [6.07, 6.45) is 3.29. The van der Waals surface area contributed by atoms with Crippen LogP contribution in [0.4, 0.5) is 0 Å². The third-order valence-electron chi connectivity index (χ3n) is 1.73. The van der Waals surface area contributed by atoms with Crippen LogP contribution >= 0.6 is 0 Å². The molecule has 1 aliphatic heterocycles. The maximum atomic E-state index is 10.8. The Morgan fingerprint density at radius 3 is 2.90 bits per heavy atom. The van der Waals surface area contributed by atoms with Crippen molar-refractivity contribution in [1.82, 2.24) is 0 Å². The van der Waals surface area contributed by atoms with Gasteiger partial charge in [0.25, 0.3) is 0 Å². The van der Waals surface area contributed by atoms with Crippen LogP contribution < -0.4 is 29.6 Å². The summed E-state index contributed by atoms with van der Waals surface area (Å²) in [4.78, 5) is 10.8. The Morgan fingerprint density at radius 2 is 2.20 bits per heavy atom. The summed E-state index contributed by atoms with van der Waals surface area (Å²) in [5.74, 6) is 0.292. The van der Waals surface area contributed by atoms with Crippen molar-refractivity contribution in [1.29, 1.82) is 0 Å². The first-order chi connectivity index (χ1) is 4.30. The largest absolute Gasteiger partial charge is 1.00 e. The second-order valence-corrected chi connectivity index (χ2v) is 2.62. The third-order valence-corrected chi connectivity index (χ3v) is 1.73. The van der Waals surface area contributed by atoms with Crippen molar-refractivity contribution in [3.8, 4) is 0 Å². The molecular formula is C7H12NNaO. The van der Waals surface area contributed by atoms with Crippen LogP contribution in [-0.2, 0) is 4.79 Å². The number of carbonyl (C=O) groups excluding carboxylic acids is 1. The molecule has 0 radical (unpaired) electrons. The molecule has 52 valence electrons. The predicted molar refractivity (Wildman–Crippen MR) is 36.2 cm³/mol. The molecule has 1 atom stereocenters. The fraction of sp³-hybridized carbons (Fsp3) is 0.857. The molecule has 0 N–H and O–H groups in total. The van der Waals surface area contributed by atoms with Crippen molar-refractivity contribution in [3.05, 3.63) is 5.32 Å². The van der Waals surface area contributed by atoms with Crippen molar-refractivity contribution in [2.45, 2.75) is 26.2 Å². The van der Waals surface area contributed by atoms with Gasteiger partial charge in [-0.25, -0.2) is 0 Å². The van der Waals surface area contributed by atoms with Gasteiger partial charge in [-0.05, 0) is 12.3 Å². The molecule has 1 heterocycles. The smallest absolute Gasteiger partial charge is 0.653 e. The maximum absolute atomic E-state index is 10.8. The van der Waals surface area contributed by atoms with Crippen molar-refractivity contribution >= 4 is 5.91 Å². The fourth-order valence-corrected chi connectivity index (χ4v) is 1.03. The number of nitrogens with zero attached hydrogens (tertiary/aromatic N) is 1.